The van der Waals surface area contributed by atoms with E-state index in [-0.39, 0.29) is 5.91 Å². The molecule has 1 atom stereocenters. The van der Waals surface area contributed by atoms with Gasteiger partial charge in [0.25, 0.3) is 5.91 Å². The number of nitrogens with one attached hydrogen (secondary N) is 1. The van der Waals surface area contributed by atoms with E-state index < -0.39 is 0 Å². The van der Waals surface area contributed by atoms with Gasteiger partial charge in [0.15, 0.2) is 0 Å². The number of rotatable bonds is 3. The molecule has 0 aromatic carbocycles. The van der Waals surface area contributed by atoms with Gasteiger partial charge in [-0.1, -0.05) is 0 Å². The average Bonchev–Trinajstić information content (AvgIpc) is 3.35. The van der Waals surface area contributed by atoms with Gasteiger partial charge in [0.1, 0.15) is 5.69 Å². The Morgan fingerprint density at radius 1 is 1.38 bits per heavy atom. The van der Waals surface area contributed by atoms with E-state index in [0.717, 1.165) is 25.1 Å². The number of likely N-dealkylation sites (tertiary alicyclic amines) is 1. The van der Waals surface area contributed by atoms with Crippen molar-refractivity contribution in [1.82, 2.24) is 25.3 Å². The molecule has 0 aliphatic carbocycles. The number of aromatic amines is 1. The molecule has 3 aromatic heterocycles. The van der Waals surface area contributed by atoms with Crippen LogP contribution in [0, 0.1) is 6.92 Å². The lowest BCUT2D eigenvalue weighted by Crippen LogP contribution is -2.28. The minimum Gasteiger partial charge on any atom is -0.337 e. The van der Waals surface area contributed by atoms with Crippen LogP contribution in [0.5, 0.6) is 0 Å². The summed E-state index contributed by atoms with van der Waals surface area (Å²) in [6.45, 7) is 3.66. The van der Waals surface area contributed by atoms with Crippen molar-refractivity contribution >= 4 is 17.2 Å². The predicted molar refractivity (Wildman–Crippen MR) is 91.9 cm³/mol. The summed E-state index contributed by atoms with van der Waals surface area (Å²) < 4.78 is 0. The molecule has 0 bridgehead atoms. The van der Waals surface area contributed by atoms with E-state index in [2.05, 4.69) is 38.8 Å². The van der Waals surface area contributed by atoms with Gasteiger partial charge in [0, 0.05) is 29.4 Å². The molecule has 0 spiro atoms. The second-order valence-electron chi connectivity index (χ2n) is 6.06. The molecule has 7 heteroatoms. The van der Waals surface area contributed by atoms with Crippen LogP contribution in [0.15, 0.2) is 36.0 Å². The van der Waals surface area contributed by atoms with E-state index in [0.29, 0.717) is 17.3 Å². The molecule has 6 nitrogen and oxygen atoms in total. The largest absolute Gasteiger partial charge is 0.337 e. The van der Waals surface area contributed by atoms with E-state index in [1.54, 1.807) is 29.8 Å². The fourth-order valence-corrected chi connectivity index (χ4v) is 4.06. The third-order valence-electron chi connectivity index (χ3n) is 4.32. The van der Waals surface area contributed by atoms with Crippen LogP contribution in [0.4, 0.5) is 0 Å². The van der Waals surface area contributed by atoms with E-state index in [9.17, 15) is 4.79 Å². The minimum atomic E-state index is 0.00606. The molecule has 0 saturated carbocycles. The van der Waals surface area contributed by atoms with Gasteiger partial charge in [-0.3, -0.25) is 9.89 Å². The molecule has 1 fully saturated rings. The zero-order chi connectivity index (χ0) is 16.5. The first-order chi connectivity index (χ1) is 11.7. The summed E-state index contributed by atoms with van der Waals surface area (Å²) in [4.78, 5) is 16.0. The fraction of sp³-hybridized carbons (Fsp3) is 0.294. The van der Waals surface area contributed by atoms with Gasteiger partial charge in [-0.15, -0.1) is 11.3 Å². The summed E-state index contributed by atoms with van der Waals surface area (Å²) in [6.07, 6.45) is 4.26. The van der Waals surface area contributed by atoms with E-state index >= 15 is 0 Å². The monoisotopic (exact) mass is 339 g/mol. The van der Waals surface area contributed by atoms with Crippen molar-refractivity contribution in [3.63, 3.8) is 0 Å². The van der Waals surface area contributed by atoms with Crippen molar-refractivity contribution in [2.75, 3.05) is 13.1 Å². The minimum absolute atomic E-state index is 0.00606. The Hall–Kier alpha value is -2.54. The van der Waals surface area contributed by atoms with Crippen LogP contribution in [0.3, 0.4) is 0 Å². The number of carbonyl (C=O) groups is 1. The average molecular weight is 339 g/mol. The highest BCUT2D eigenvalue weighted by molar-refractivity contribution is 7.10. The molecular weight excluding hydrogens is 322 g/mol. The summed E-state index contributed by atoms with van der Waals surface area (Å²) in [6, 6.07) is 5.83. The predicted octanol–water partition coefficient (Wildman–Crippen LogP) is 2.87. The zero-order valence-corrected chi connectivity index (χ0v) is 14.1. The third-order valence-corrected chi connectivity index (χ3v) is 5.53. The normalized spacial score (nSPS) is 17.4. The van der Waals surface area contributed by atoms with Crippen LogP contribution < -0.4 is 0 Å². The summed E-state index contributed by atoms with van der Waals surface area (Å²) >= 11 is 1.79. The van der Waals surface area contributed by atoms with Gasteiger partial charge in [0.05, 0.1) is 18.1 Å². The number of hydrogen-bond acceptors (Lipinski definition) is 5. The second-order valence-corrected chi connectivity index (χ2v) is 7.00. The molecule has 1 N–H and O–H groups in total. The molecular formula is C17H17N5OS. The van der Waals surface area contributed by atoms with E-state index in [4.69, 9.17) is 0 Å². The van der Waals surface area contributed by atoms with Crippen LogP contribution in [0.2, 0.25) is 0 Å². The van der Waals surface area contributed by atoms with Gasteiger partial charge in [0.2, 0.25) is 0 Å². The van der Waals surface area contributed by atoms with E-state index in [1.165, 1.54) is 10.4 Å². The van der Waals surface area contributed by atoms with Gasteiger partial charge in [-0.05, 0) is 42.5 Å². The lowest BCUT2D eigenvalue weighted by molar-refractivity contribution is 0.0785. The van der Waals surface area contributed by atoms with E-state index in [1.807, 2.05) is 11.0 Å². The Morgan fingerprint density at radius 2 is 2.29 bits per heavy atom. The molecule has 4 heterocycles. The molecule has 1 unspecified atom stereocenters. The highest BCUT2D eigenvalue weighted by Gasteiger charge is 2.29. The number of carbonyl (C=O) groups excluding carboxylic acids is 1. The quantitative estimate of drug-likeness (QED) is 0.796. The highest BCUT2D eigenvalue weighted by Crippen LogP contribution is 2.32. The van der Waals surface area contributed by atoms with Crippen molar-refractivity contribution in [3.05, 3.63) is 52.1 Å². The molecule has 3 aromatic rings. The Labute approximate surface area is 143 Å². The summed E-state index contributed by atoms with van der Waals surface area (Å²) in [5.41, 5.74) is 3.36. The number of H-pyrrole nitrogens is 1. The first-order valence-corrected chi connectivity index (χ1v) is 8.75. The molecule has 122 valence electrons. The van der Waals surface area contributed by atoms with Gasteiger partial charge >= 0.3 is 0 Å². The van der Waals surface area contributed by atoms with Crippen LogP contribution >= 0.6 is 11.3 Å². The maximum Gasteiger partial charge on any atom is 0.271 e. The second kappa shape index (κ2) is 6.16. The maximum absolute atomic E-state index is 12.7. The van der Waals surface area contributed by atoms with Crippen molar-refractivity contribution in [2.24, 2.45) is 0 Å². The standard InChI is InChI=1S/C17H17N5OS/c1-11-6-16(24-10-11)13-3-5-22(9-13)17(23)15-7-14(20-21-15)12-2-4-18-19-8-12/h2,4,6-8,10,13H,3,5,9H2,1H3,(H,20,21). The number of amides is 1. The molecule has 1 amide bonds. The molecule has 1 aliphatic heterocycles. The third kappa shape index (κ3) is 2.82. The van der Waals surface area contributed by atoms with Crippen LogP contribution in [0.1, 0.15) is 33.3 Å². The topological polar surface area (TPSA) is 74.8 Å². The molecule has 0 radical (unpaired) electrons. The number of thiophene rings is 1. The Bertz CT molecular complexity index is 857. The van der Waals surface area contributed by atoms with Crippen molar-refractivity contribution < 1.29 is 4.79 Å². The number of nitrogens with zero attached hydrogens (tertiary/aromatic N) is 4. The van der Waals surface area contributed by atoms with Gasteiger partial charge < -0.3 is 4.90 Å². The Kier molecular flexibility index (Phi) is 3.86. The van der Waals surface area contributed by atoms with Crippen molar-refractivity contribution in [1.29, 1.82) is 0 Å². The van der Waals surface area contributed by atoms with Crippen LogP contribution in [-0.2, 0) is 0 Å². The summed E-state index contributed by atoms with van der Waals surface area (Å²) in [5, 5.41) is 16.8. The molecule has 24 heavy (non-hydrogen) atoms. The smallest absolute Gasteiger partial charge is 0.271 e. The number of aromatic nitrogens is 4. The lowest BCUT2D eigenvalue weighted by atomic mass is 10.1. The van der Waals surface area contributed by atoms with Crippen LogP contribution in [-0.4, -0.2) is 44.3 Å². The lowest BCUT2D eigenvalue weighted by Gasteiger charge is -2.14. The SMILES string of the molecule is Cc1csc(C2CCN(C(=O)c3cc(-c4ccnnc4)n[nH]3)C2)c1. The first-order valence-electron chi connectivity index (χ1n) is 7.87. The first kappa shape index (κ1) is 15.0. The van der Waals surface area contributed by atoms with Gasteiger partial charge in [-0.2, -0.15) is 15.3 Å². The molecule has 1 saturated heterocycles. The van der Waals surface area contributed by atoms with Gasteiger partial charge in [-0.25, -0.2) is 0 Å². The Morgan fingerprint density at radius 3 is 3.04 bits per heavy atom. The van der Waals surface area contributed by atoms with Crippen LogP contribution in [0.25, 0.3) is 11.3 Å². The maximum atomic E-state index is 12.7. The molecule has 4 rings (SSSR count). The highest BCUT2D eigenvalue weighted by atomic mass is 32.1. The number of aryl methyl sites for hydroxylation is 1. The van der Waals surface area contributed by atoms with Crippen molar-refractivity contribution in [2.45, 2.75) is 19.3 Å². The fourth-order valence-electron chi connectivity index (χ4n) is 3.04. The molecule has 1 aliphatic rings. The van der Waals surface area contributed by atoms with Crippen molar-refractivity contribution in [3.8, 4) is 11.3 Å². The Balaban J connectivity index is 1.48. The number of hydrogen-bond donors (Lipinski definition) is 1. The zero-order valence-electron chi connectivity index (χ0n) is 13.3. The summed E-state index contributed by atoms with van der Waals surface area (Å²) in [5.74, 6) is 0.450. The summed E-state index contributed by atoms with van der Waals surface area (Å²) in [7, 11) is 0.